The van der Waals surface area contributed by atoms with Crippen molar-refractivity contribution in [1.82, 2.24) is 5.32 Å². The van der Waals surface area contributed by atoms with Gasteiger partial charge >= 0.3 is 12.1 Å². The minimum Gasteiger partial charge on any atom is -0.455 e. The van der Waals surface area contributed by atoms with Crippen molar-refractivity contribution >= 4 is 12.1 Å². The molecule has 2 fully saturated rings. The Labute approximate surface area is 217 Å². The van der Waals surface area contributed by atoms with Crippen LogP contribution in [0.4, 0.5) is 4.79 Å². The SMILES string of the molecule is CC(C)(C)OC(=O)N[C@H](COCc1ccccc1)C(=O)O[C@@H]1CO[C@H]2[C@@H]1OC[C@H]2OCc1ccccc1. The molecule has 4 rings (SSSR count). The Balaban J connectivity index is 1.32. The normalized spacial score (nSPS) is 23.8. The van der Waals surface area contributed by atoms with Crippen LogP contribution in [-0.4, -0.2) is 67.9 Å². The van der Waals surface area contributed by atoms with E-state index >= 15 is 0 Å². The van der Waals surface area contributed by atoms with E-state index < -0.39 is 35.9 Å². The van der Waals surface area contributed by atoms with Crippen molar-refractivity contribution in [2.24, 2.45) is 0 Å². The van der Waals surface area contributed by atoms with Gasteiger partial charge in [-0.3, -0.25) is 0 Å². The van der Waals surface area contributed by atoms with Crippen molar-refractivity contribution in [1.29, 1.82) is 0 Å². The summed E-state index contributed by atoms with van der Waals surface area (Å²) in [5.74, 6) is -0.648. The van der Waals surface area contributed by atoms with Crippen LogP contribution in [0.3, 0.4) is 0 Å². The van der Waals surface area contributed by atoms with E-state index in [0.29, 0.717) is 13.2 Å². The molecule has 0 unspecified atom stereocenters. The summed E-state index contributed by atoms with van der Waals surface area (Å²) in [6.07, 6.45) is -2.41. The number of carbonyl (C=O) groups is 2. The van der Waals surface area contributed by atoms with Gasteiger partial charge < -0.3 is 33.7 Å². The second kappa shape index (κ2) is 12.5. The van der Waals surface area contributed by atoms with Crippen molar-refractivity contribution < 1.29 is 38.0 Å². The number of hydrogen-bond acceptors (Lipinski definition) is 8. The van der Waals surface area contributed by atoms with Gasteiger partial charge in [0.15, 0.2) is 12.1 Å². The molecule has 37 heavy (non-hydrogen) atoms. The third-order valence-corrected chi connectivity index (χ3v) is 5.91. The molecule has 2 aromatic rings. The zero-order valence-corrected chi connectivity index (χ0v) is 21.5. The summed E-state index contributed by atoms with van der Waals surface area (Å²) in [5, 5.41) is 2.57. The molecule has 0 radical (unpaired) electrons. The van der Waals surface area contributed by atoms with E-state index in [2.05, 4.69) is 5.32 Å². The fraction of sp³-hybridized carbons (Fsp3) is 0.500. The molecule has 0 aromatic heterocycles. The molecule has 0 saturated carbocycles. The van der Waals surface area contributed by atoms with Crippen molar-refractivity contribution in [3.8, 4) is 0 Å². The number of alkyl carbamates (subject to hydrolysis) is 1. The largest absolute Gasteiger partial charge is 0.455 e. The molecule has 2 aromatic carbocycles. The fourth-order valence-electron chi connectivity index (χ4n) is 4.17. The molecule has 1 N–H and O–H groups in total. The molecule has 0 bridgehead atoms. The van der Waals surface area contributed by atoms with Crippen molar-refractivity contribution in [3.05, 3.63) is 71.8 Å². The zero-order chi connectivity index (χ0) is 26.3. The summed E-state index contributed by atoms with van der Waals surface area (Å²) in [6.45, 7) is 6.39. The standard InChI is InChI=1S/C28H35NO8/c1-28(2,3)37-27(31)29-21(16-32-14-19-10-6-4-7-11-19)26(30)36-23-18-35-24-22(17-34-25(23)24)33-15-20-12-8-5-9-13-20/h4-13,21-25H,14-18H2,1-3H3,(H,29,31)/t21-,22-,23-,24-,25-/m1/s1. The molecule has 2 aliphatic rings. The van der Waals surface area contributed by atoms with Gasteiger partial charge in [0.2, 0.25) is 0 Å². The van der Waals surface area contributed by atoms with E-state index in [1.54, 1.807) is 20.8 Å². The highest BCUT2D eigenvalue weighted by Crippen LogP contribution is 2.31. The van der Waals surface area contributed by atoms with Gasteiger partial charge in [-0.05, 0) is 31.9 Å². The van der Waals surface area contributed by atoms with Gasteiger partial charge in [0.05, 0.1) is 33.0 Å². The maximum Gasteiger partial charge on any atom is 0.408 e. The Morgan fingerprint density at radius 3 is 2.08 bits per heavy atom. The van der Waals surface area contributed by atoms with Crippen LogP contribution in [0, 0.1) is 0 Å². The molecule has 5 atom stereocenters. The van der Waals surface area contributed by atoms with Gasteiger partial charge in [0.1, 0.15) is 23.9 Å². The highest BCUT2D eigenvalue weighted by atomic mass is 16.7. The first-order valence-electron chi connectivity index (χ1n) is 12.5. The quantitative estimate of drug-likeness (QED) is 0.483. The van der Waals surface area contributed by atoms with Crippen LogP contribution >= 0.6 is 0 Å². The predicted molar refractivity (Wildman–Crippen MR) is 134 cm³/mol. The zero-order valence-electron chi connectivity index (χ0n) is 21.5. The first-order chi connectivity index (χ1) is 17.8. The minimum atomic E-state index is -1.07. The first-order valence-corrected chi connectivity index (χ1v) is 12.5. The monoisotopic (exact) mass is 513 g/mol. The molecular formula is C28H35NO8. The molecule has 1 amide bonds. The van der Waals surface area contributed by atoms with Crippen molar-refractivity contribution in [2.45, 2.75) is 70.0 Å². The van der Waals surface area contributed by atoms with E-state index in [4.69, 9.17) is 28.4 Å². The second-order valence-corrected chi connectivity index (χ2v) is 10.1. The van der Waals surface area contributed by atoms with E-state index in [9.17, 15) is 9.59 Å². The number of nitrogens with one attached hydrogen (secondary N) is 1. The lowest BCUT2D eigenvalue weighted by molar-refractivity contribution is -0.158. The summed E-state index contributed by atoms with van der Waals surface area (Å²) in [6, 6.07) is 18.3. The van der Waals surface area contributed by atoms with Crippen LogP contribution in [0.2, 0.25) is 0 Å². The summed E-state index contributed by atoms with van der Waals surface area (Å²) in [4.78, 5) is 25.5. The summed E-state index contributed by atoms with van der Waals surface area (Å²) < 4.78 is 34.6. The molecule has 9 heteroatoms. The molecule has 2 saturated heterocycles. The summed E-state index contributed by atoms with van der Waals surface area (Å²) in [5.41, 5.74) is 1.28. The Bertz CT molecular complexity index is 1010. The molecule has 0 spiro atoms. The number of amides is 1. The van der Waals surface area contributed by atoms with Gasteiger partial charge in [0, 0.05) is 0 Å². The number of carbonyl (C=O) groups excluding carboxylic acids is 2. The Morgan fingerprint density at radius 2 is 1.46 bits per heavy atom. The van der Waals surface area contributed by atoms with Crippen LogP contribution in [0.5, 0.6) is 0 Å². The smallest absolute Gasteiger partial charge is 0.408 e. The van der Waals surface area contributed by atoms with Gasteiger partial charge in [-0.2, -0.15) is 0 Å². The number of ether oxygens (including phenoxy) is 6. The lowest BCUT2D eigenvalue weighted by Gasteiger charge is -2.24. The van der Waals surface area contributed by atoms with Gasteiger partial charge in [0.25, 0.3) is 0 Å². The Morgan fingerprint density at radius 1 is 0.892 bits per heavy atom. The molecule has 0 aliphatic carbocycles. The van der Waals surface area contributed by atoms with Crippen molar-refractivity contribution in [2.75, 3.05) is 19.8 Å². The lowest BCUT2D eigenvalue weighted by Crippen LogP contribution is -2.48. The van der Waals surface area contributed by atoms with Crippen LogP contribution in [-0.2, 0) is 46.4 Å². The molecule has 9 nitrogen and oxygen atoms in total. The third-order valence-electron chi connectivity index (χ3n) is 5.91. The maximum absolute atomic E-state index is 13.1. The van der Waals surface area contributed by atoms with E-state index in [0.717, 1.165) is 11.1 Å². The predicted octanol–water partition coefficient (Wildman–Crippen LogP) is 3.39. The maximum atomic E-state index is 13.1. The summed E-state index contributed by atoms with van der Waals surface area (Å²) in [7, 11) is 0. The van der Waals surface area contributed by atoms with E-state index in [1.165, 1.54) is 0 Å². The summed E-state index contributed by atoms with van der Waals surface area (Å²) >= 11 is 0. The van der Waals surface area contributed by atoms with Crippen LogP contribution in [0.1, 0.15) is 31.9 Å². The number of esters is 1. The average molecular weight is 514 g/mol. The Kier molecular flexibility index (Phi) is 9.15. The van der Waals surface area contributed by atoms with Crippen molar-refractivity contribution in [3.63, 3.8) is 0 Å². The van der Waals surface area contributed by atoms with Gasteiger partial charge in [-0.25, -0.2) is 9.59 Å². The third kappa shape index (κ3) is 8.00. The Hall–Kier alpha value is -2.98. The highest BCUT2D eigenvalue weighted by molar-refractivity contribution is 5.81. The number of benzene rings is 2. The lowest BCUT2D eigenvalue weighted by atomic mass is 10.1. The highest BCUT2D eigenvalue weighted by Gasteiger charge is 2.50. The number of fused-ring (bicyclic) bond motifs is 1. The first kappa shape index (κ1) is 27.1. The van der Waals surface area contributed by atoms with Gasteiger partial charge in [-0.15, -0.1) is 0 Å². The molecule has 2 heterocycles. The molecular weight excluding hydrogens is 478 g/mol. The topological polar surface area (TPSA) is 102 Å². The molecule has 200 valence electrons. The fourth-order valence-corrected chi connectivity index (χ4v) is 4.17. The number of hydrogen-bond donors (Lipinski definition) is 1. The second-order valence-electron chi connectivity index (χ2n) is 10.1. The van der Waals surface area contributed by atoms with E-state index in [1.807, 2.05) is 60.7 Å². The van der Waals surface area contributed by atoms with Crippen LogP contribution < -0.4 is 5.32 Å². The van der Waals surface area contributed by atoms with Crippen LogP contribution in [0.15, 0.2) is 60.7 Å². The minimum absolute atomic E-state index is 0.0850. The van der Waals surface area contributed by atoms with Gasteiger partial charge in [-0.1, -0.05) is 60.7 Å². The average Bonchev–Trinajstić information content (AvgIpc) is 3.45. The van der Waals surface area contributed by atoms with Crippen LogP contribution in [0.25, 0.3) is 0 Å². The number of rotatable bonds is 10. The molecule has 2 aliphatic heterocycles. The van der Waals surface area contributed by atoms with E-state index in [-0.39, 0.29) is 32.0 Å².